The van der Waals surface area contributed by atoms with E-state index in [1.807, 2.05) is 43.3 Å². The minimum atomic E-state index is -0.719. The molecule has 2 unspecified atom stereocenters. The smallest absolute Gasteiger partial charge is 0.306 e. The first-order chi connectivity index (χ1) is 17.6. The molecule has 0 spiro atoms. The predicted octanol–water partition coefficient (Wildman–Crippen LogP) is 4.39. The molecular formula is C26H26N6O4. The number of hydrogen-bond acceptors (Lipinski definition) is 9. The van der Waals surface area contributed by atoms with Crippen molar-refractivity contribution in [1.82, 2.24) is 25.1 Å². The first kappa shape index (κ1) is 23.4. The first-order valence-electron chi connectivity index (χ1n) is 11.8. The Morgan fingerprint density at radius 2 is 2.00 bits per heavy atom. The van der Waals surface area contributed by atoms with Crippen LogP contribution in [-0.2, 0) is 11.3 Å². The lowest BCUT2D eigenvalue weighted by molar-refractivity contribution is -0.141. The van der Waals surface area contributed by atoms with Crippen LogP contribution in [-0.4, -0.2) is 42.8 Å². The van der Waals surface area contributed by atoms with Gasteiger partial charge >= 0.3 is 5.97 Å². The van der Waals surface area contributed by atoms with Crippen molar-refractivity contribution in [2.24, 2.45) is 11.8 Å². The molecule has 36 heavy (non-hydrogen) atoms. The van der Waals surface area contributed by atoms with Crippen LogP contribution < -0.4 is 10.1 Å². The summed E-state index contributed by atoms with van der Waals surface area (Å²) in [6, 6.07) is 11.1. The Bertz CT molecular complexity index is 1330. The average Bonchev–Trinajstić information content (AvgIpc) is 3.54. The van der Waals surface area contributed by atoms with Crippen LogP contribution >= 0.6 is 0 Å². The zero-order valence-corrected chi connectivity index (χ0v) is 19.8. The molecule has 4 aromatic heterocycles. The van der Waals surface area contributed by atoms with Crippen LogP contribution in [0.2, 0.25) is 0 Å². The highest BCUT2D eigenvalue weighted by Crippen LogP contribution is 2.32. The third-order valence-corrected chi connectivity index (χ3v) is 6.34. The SMILES string of the molecule is Cc1noc(-c2ccc(OCC3CCC(C(=O)O)C3)cn2)c1CNc1nccc(-c2ccccn2)n1. The zero-order valence-electron chi connectivity index (χ0n) is 19.8. The summed E-state index contributed by atoms with van der Waals surface area (Å²) in [5.74, 6) is 0.935. The van der Waals surface area contributed by atoms with E-state index in [0.29, 0.717) is 49.1 Å². The van der Waals surface area contributed by atoms with Gasteiger partial charge in [0.2, 0.25) is 5.95 Å². The lowest BCUT2D eigenvalue weighted by Crippen LogP contribution is -2.13. The molecule has 4 aromatic rings. The normalized spacial score (nSPS) is 17.1. The zero-order chi connectivity index (χ0) is 24.9. The number of nitrogens with zero attached hydrogens (tertiary/aromatic N) is 5. The molecule has 5 rings (SSSR count). The van der Waals surface area contributed by atoms with Gasteiger partial charge in [-0.1, -0.05) is 11.2 Å². The summed E-state index contributed by atoms with van der Waals surface area (Å²) in [5.41, 5.74) is 3.73. The van der Waals surface area contributed by atoms with Crippen LogP contribution in [0.5, 0.6) is 5.75 Å². The summed E-state index contributed by atoms with van der Waals surface area (Å²) in [6.07, 6.45) is 7.29. The van der Waals surface area contributed by atoms with Crippen molar-refractivity contribution < 1.29 is 19.2 Å². The van der Waals surface area contributed by atoms with Crippen molar-refractivity contribution in [3.8, 4) is 28.6 Å². The number of anilines is 1. The Balaban J connectivity index is 1.23. The van der Waals surface area contributed by atoms with Gasteiger partial charge in [0.1, 0.15) is 11.4 Å². The highest BCUT2D eigenvalue weighted by molar-refractivity contribution is 5.70. The third kappa shape index (κ3) is 5.32. The number of carboxylic acid groups (broad SMARTS) is 1. The molecule has 0 aromatic carbocycles. The number of carboxylic acids is 1. The topological polar surface area (TPSA) is 136 Å². The maximum absolute atomic E-state index is 11.1. The molecule has 0 aliphatic heterocycles. The lowest BCUT2D eigenvalue weighted by atomic mass is 10.1. The minimum Gasteiger partial charge on any atom is -0.492 e. The van der Waals surface area contributed by atoms with Crippen LogP contribution in [0, 0.1) is 18.8 Å². The van der Waals surface area contributed by atoms with E-state index in [1.54, 1.807) is 18.6 Å². The molecule has 10 heteroatoms. The monoisotopic (exact) mass is 486 g/mol. The van der Waals surface area contributed by atoms with E-state index in [-0.39, 0.29) is 11.8 Å². The number of rotatable bonds is 9. The second-order valence-electron chi connectivity index (χ2n) is 8.81. The maximum atomic E-state index is 11.1. The number of ether oxygens (including phenoxy) is 1. The number of carbonyl (C=O) groups is 1. The molecule has 1 aliphatic rings. The van der Waals surface area contributed by atoms with Crippen LogP contribution in [0.3, 0.4) is 0 Å². The fourth-order valence-corrected chi connectivity index (χ4v) is 4.33. The molecule has 0 amide bonds. The summed E-state index contributed by atoms with van der Waals surface area (Å²) < 4.78 is 11.4. The van der Waals surface area contributed by atoms with Crippen LogP contribution in [0.1, 0.15) is 30.5 Å². The largest absolute Gasteiger partial charge is 0.492 e. The predicted molar refractivity (Wildman–Crippen MR) is 131 cm³/mol. The molecule has 184 valence electrons. The molecule has 1 saturated carbocycles. The molecule has 0 radical (unpaired) electrons. The molecule has 0 saturated heterocycles. The quantitative estimate of drug-likeness (QED) is 0.350. The number of nitrogens with one attached hydrogen (secondary N) is 1. The number of aryl methyl sites for hydroxylation is 1. The van der Waals surface area contributed by atoms with Crippen LogP contribution in [0.15, 0.2) is 59.5 Å². The van der Waals surface area contributed by atoms with Gasteiger partial charge in [-0.2, -0.15) is 0 Å². The summed E-state index contributed by atoms with van der Waals surface area (Å²) in [5, 5.41) is 16.5. The summed E-state index contributed by atoms with van der Waals surface area (Å²) in [7, 11) is 0. The van der Waals surface area contributed by atoms with E-state index in [2.05, 4.69) is 30.4 Å². The van der Waals surface area contributed by atoms with Crippen molar-refractivity contribution in [2.45, 2.75) is 32.7 Å². The Morgan fingerprint density at radius 1 is 1.08 bits per heavy atom. The first-order valence-corrected chi connectivity index (χ1v) is 11.8. The van der Waals surface area contributed by atoms with Crippen LogP contribution in [0.4, 0.5) is 5.95 Å². The van der Waals surface area contributed by atoms with E-state index >= 15 is 0 Å². The summed E-state index contributed by atoms with van der Waals surface area (Å²) in [6.45, 7) is 2.76. The second-order valence-corrected chi connectivity index (χ2v) is 8.81. The van der Waals surface area contributed by atoms with Gasteiger partial charge in [-0.3, -0.25) is 9.78 Å². The Morgan fingerprint density at radius 3 is 2.75 bits per heavy atom. The highest BCUT2D eigenvalue weighted by atomic mass is 16.5. The molecule has 1 fully saturated rings. The van der Waals surface area contributed by atoms with Gasteiger partial charge in [0.05, 0.1) is 35.8 Å². The maximum Gasteiger partial charge on any atom is 0.306 e. The van der Waals surface area contributed by atoms with Gasteiger partial charge in [-0.25, -0.2) is 15.0 Å². The van der Waals surface area contributed by atoms with Gasteiger partial charge in [0, 0.05) is 24.5 Å². The van der Waals surface area contributed by atoms with E-state index in [0.717, 1.165) is 29.1 Å². The number of aromatic nitrogens is 5. The van der Waals surface area contributed by atoms with Crippen molar-refractivity contribution in [1.29, 1.82) is 0 Å². The summed E-state index contributed by atoms with van der Waals surface area (Å²) in [4.78, 5) is 28.8. The van der Waals surface area contributed by atoms with Gasteiger partial charge in [0.25, 0.3) is 0 Å². The fourth-order valence-electron chi connectivity index (χ4n) is 4.33. The molecule has 0 bridgehead atoms. The molecule has 4 heterocycles. The summed E-state index contributed by atoms with van der Waals surface area (Å²) >= 11 is 0. The minimum absolute atomic E-state index is 0.249. The lowest BCUT2D eigenvalue weighted by Gasteiger charge is -2.12. The molecular weight excluding hydrogens is 460 g/mol. The Labute approximate surface area is 207 Å². The van der Waals surface area contributed by atoms with E-state index in [4.69, 9.17) is 14.4 Å². The third-order valence-electron chi connectivity index (χ3n) is 6.34. The molecule has 1 aliphatic carbocycles. The van der Waals surface area contributed by atoms with Crippen molar-refractivity contribution in [3.05, 3.63) is 66.2 Å². The van der Waals surface area contributed by atoms with E-state index in [9.17, 15) is 4.79 Å². The van der Waals surface area contributed by atoms with Gasteiger partial charge in [-0.05, 0) is 62.4 Å². The molecule has 10 nitrogen and oxygen atoms in total. The molecule has 2 N–H and O–H groups in total. The molecule has 2 atom stereocenters. The average molecular weight is 487 g/mol. The standard InChI is InChI=1S/C26H26N6O4/c1-16-20(14-30-26-28-11-9-22(31-26)21-4-2-3-10-27-21)24(36-32-16)23-8-7-19(13-29-23)35-15-17-5-6-18(12-17)25(33)34/h2-4,7-11,13,17-18H,5-6,12,14-15H2,1H3,(H,33,34)(H,28,30,31). The van der Waals surface area contributed by atoms with E-state index < -0.39 is 5.97 Å². The van der Waals surface area contributed by atoms with Gasteiger partial charge < -0.3 is 19.7 Å². The van der Waals surface area contributed by atoms with Crippen molar-refractivity contribution in [2.75, 3.05) is 11.9 Å². The number of hydrogen-bond donors (Lipinski definition) is 2. The van der Waals surface area contributed by atoms with Gasteiger partial charge in [0.15, 0.2) is 5.76 Å². The Kier molecular flexibility index (Phi) is 6.83. The van der Waals surface area contributed by atoms with Gasteiger partial charge in [-0.15, -0.1) is 0 Å². The van der Waals surface area contributed by atoms with Crippen molar-refractivity contribution >= 4 is 11.9 Å². The van der Waals surface area contributed by atoms with Crippen LogP contribution in [0.25, 0.3) is 22.8 Å². The highest BCUT2D eigenvalue weighted by Gasteiger charge is 2.30. The second kappa shape index (κ2) is 10.5. The number of pyridine rings is 2. The van der Waals surface area contributed by atoms with E-state index in [1.165, 1.54) is 0 Å². The number of aliphatic carboxylic acids is 1. The fraction of sp³-hybridized carbons (Fsp3) is 0.308. The Hall–Kier alpha value is -4.34. The van der Waals surface area contributed by atoms with Crippen molar-refractivity contribution in [3.63, 3.8) is 0 Å².